The normalized spacial score (nSPS) is 12.9. The largest absolute Gasteiger partial charge is 0.329 e. The number of nitrogens with zero attached hydrogens (tertiary/aromatic N) is 1. The Labute approximate surface area is 119 Å². The average molecular weight is 274 g/mol. The Kier molecular flexibility index (Phi) is 4.75. The van der Waals surface area contributed by atoms with Crippen LogP contribution in [0.1, 0.15) is 27.6 Å². The van der Waals surface area contributed by atoms with Crippen LogP contribution >= 0.6 is 11.3 Å². The van der Waals surface area contributed by atoms with E-state index in [1.54, 1.807) is 11.3 Å². The molecule has 1 atom stereocenters. The summed E-state index contributed by atoms with van der Waals surface area (Å²) in [5.74, 6) is 0. The van der Waals surface area contributed by atoms with Crippen LogP contribution in [0.2, 0.25) is 0 Å². The van der Waals surface area contributed by atoms with Gasteiger partial charge in [0.1, 0.15) is 0 Å². The molecule has 2 nitrogen and oxygen atoms in total. The lowest BCUT2D eigenvalue weighted by molar-refractivity contribution is 0.242. The van der Waals surface area contributed by atoms with Gasteiger partial charge in [-0.1, -0.05) is 24.3 Å². The zero-order valence-electron chi connectivity index (χ0n) is 11.9. The van der Waals surface area contributed by atoms with Crippen molar-refractivity contribution in [3.8, 4) is 0 Å². The third-order valence-corrected chi connectivity index (χ3v) is 4.48. The van der Waals surface area contributed by atoms with Crippen molar-refractivity contribution in [1.82, 2.24) is 4.90 Å². The second-order valence-corrected chi connectivity index (χ2v) is 6.08. The van der Waals surface area contributed by atoms with Crippen LogP contribution in [-0.2, 0) is 6.54 Å². The fourth-order valence-electron chi connectivity index (χ4n) is 2.63. The van der Waals surface area contributed by atoms with Crippen molar-refractivity contribution in [3.05, 3.63) is 57.3 Å². The van der Waals surface area contributed by atoms with Crippen molar-refractivity contribution in [2.45, 2.75) is 26.4 Å². The molecule has 1 aromatic heterocycles. The van der Waals surface area contributed by atoms with E-state index in [0.717, 1.165) is 6.54 Å². The molecule has 2 rings (SSSR count). The van der Waals surface area contributed by atoms with Crippen LogP contribution in [0.25, 0.3) is 0 Å². The van der Waals surface area contributed by atoms with Gasteiger partial charge in [0, 0.05) is 24.0 Å². The summed E-state index contributed by atoms with van der Waals surface area (Å²) in [5.41, 5.74) is 10.1. The monoisotopic (exact) mass is 274 g/mol. The molecule has 0 fully saturated rings. The summed E-state index contributed by atoms with van der Waals surface area (Å²) >= 11 is 1.80. The molecule has 0 spiro atoms. The molecule has 0 aliphatic carbocycles. The van der Waals surface area contributed by atoms with Crippen LogP contribution in [0.15, 0.2) is 35.7 Å². The minimum absolute atomic E-state index is 0.281. The Morgan fingerprint density at radius 2 is 1.84 bits per heavy atom. The molecule has 0 saturated carbocycles. The van der Waals surface area contributed by atoms with Gasteiger partial charge in [0.25, 0.3) is 0 Å². The topological polar surface area (TPSA) is 29.3 Å². The number of nitrogens with two attached hydrogens (primary N) is 1. The molecule has 0 aliphatic heterocycles. The number of benzene rings is 1. The quantitative estimate of drug-likeness (QED) is 0.904. The van der Waals surface area contributed by atoms with Crippen molar-refractivity contribution >= 4 is 11.3 Å². The molecular formula is C16H22N2S. The highest BCUT2D eigenvalue weighted by Crippen LogP contribution is 2.27. The number of rotatable bonds is 5. The van der Waals surface area contributed by atoms with Crippen molar-refractivity contribution in [2.75, 3.05) is 13.6 Å². The summed E-state index contributed by atoms with van der Waals surface area (Å²) in [7, 11) is 2.16. The first-order valence-electron chi connectivity index (χ1n) is 6.62. The van der Waals surface area contributed by atoms with Gasteiger partial charge in [-0.15, -0.1) is 11.3 Å². The molecule has 0 bridgehead atoms. The predicted molar refractivity (Wildman–Crippen MR) is 83.5 cm³/mol. The number of hydrogen-bond acceptors (Lipinski definition) is 3. The van der Waals surface area contributed by atoms with Gasteiger partial charge in [-0.3, -0.25) is 4.90 Å². The highest BCUT2D eigenvalue weighted by Gasteiger charge is 2.19. The van der Waals surface area contributed by atoms with Gasteiger partial charge in [-0.05, 0) is 49.0 Å². The second-order valence-electron chi connectivity index (χ2n) is 5.05. The fraction of sp³-hybridized carbons (Fsp3) is 0.375. The van der Waals surface area contributed by atoms with Crippen LogP contribution in [0.5, 0.6) is 0 Å². The highest BCUT2D eigenvalue weighted by atomic mass is 32.1. The van der Waals surface area contributed by atoms with Crippen molar-refractivity contribution < 1.29 is 0 Å². The number of thiophene rings is 1. The number of hydrogen-bond donors (Lipinski definition) is 1. The average Bonchev–Trinajstić information content (AvgIpc) is 2.86. The Morgan fingerprint density at radius 1 is 1.16 bits per heavy atom. The first-order valence-corrected chi connectivity index (χ1v) is 7.50. The zero-order valence-corrected chi connectivity index (χ0v) is 12.7. The zero-order chi connectivity index (χ0) is 13.8. The van der Waals surface area contributed by atoms with E-state index in [0.29, 0.717) is 6.54 Å². The molecule has 102 valence electrons. The maximum atomic E-state index is 6.03. The SMILES string of the molecule is Cc1cccc(C)c1C(CN)N(C)Cc1cccs1. The molecule has 19 heavy (non-hydrogen) atoms. The Bertz CT molecular complexity index is 499. The van der Waals surface area contributed by atoms with Gasteiger partial charge in [-0.25, -0.2) is 0 Å². The lowest BCUT2D eigenvalue weighted by Gasteiger charge is -2.29. The lowest BCUT2D eigenvalue weighted by Crippen LogP contribution is -2.31. The van der Waals surface area contributed by atoms with Gasteiger partial charge in [0.05, 0.1) is 0 Å². The predicted octanol–water partition coefficient (Wildman–Crippen LogP) is 3.50. The summed E-state index contributed by atoms with van der Waals surface area (Å²) in [6, 6.07) is 11.0. The van der Waals surface area contributed by atoms with E-state index in [1.807, 2.05) is 0 Å². The Hall–Kier alpha value is -1.16. The summed E-state index contributed by atoms with van der Waals surface area (Å²) < 4.78 is 0. The van der Waals surface area contributed by atoms with Crippen LogP contribution < -0.4 is 5.73 Å². The van der Waals surface area contributed by atoms with E-state index < -0.39 is 0 Å². The third kappa shape index (κ3) is 3.24. The van der Waals surface area contributed by atoms with E-state index in [9.17, 15) is 0 Å². The van der Waals surface area contributed by atoms with E-state index in [-0.39, 0.29) is 6.04 Å². The van der Waals surface area contributed by atoms with Gasteiger partial charge >= 0.3 is 0 Å². The van der Waals surface area contributed by atoms with Crippen LogP contribution in [0, 0.1) is 13.8 Å². The van der Waals surface area contributed by atoms with E-state index in [2.05, 4.69) is 61.5 Å². The fourth-order valence-corrected chi connectivity index (χ4v) is 3.40. The van der Waals surface area contributed by atoms with Crippen molar-refractivity contribution in [2.24, 2.45) is 5.73 Å². The minimum Gasteiger partial charge on any atom is -0.329 e. The number of aryl methyl sites for hydroxylation is 2. The van der Waals surface area contributed by atoms with Crippen LogP contribution in [0.4, 0.5) is 0 Å². The molecule has 0 amide bonds. The van der Waals surface area contributed by atoms with Gasteiger partial charge in [0.15, 0.2) is 0 Å². The molecule has 1 unspecified atom stereocenters. The van der Waals surface area contributed by atoms with Crippen molar-refractivity contribution in [3.63, 3.8) is 0 Å². The maximum absolute atomic E-state index is 6.03. The molecule has 2 aromatic rings. The first kappa shape index (κ1) is 14.3. The molecule has 0 saturated heterocycles. The van der Waals surface area contributed by atoms with Gasteiger partial charge in [-0.2, -0.15) is 0 Å². The van der Waals surface area contributed by atoms with E-state index in [1.165, 1.54) is 21.6 Å². The smallest absolute Gasteiger partial charge is 0.0476 e. The maximum Gasteiger partial charge on any atom is 0.0476 e. The molecule has 2 N–H and O–H groups in total. The molecule has 1 aromatic carbocycles. The molecular weight excluding hydrogens is 252 g/mol. The summed E-state index contributed by atoms with van der Waals surface area (Å²) in [5, 5.41) is 2.12. The summed E-state index contributed by atoms with van der Waals surface area (Å²) in [6.07, 6.45) is 0. The Balaban J connectivity index is 2.24. The molecule has 0 radical (unpaired) electrons. The van der Waals surface area contributed by atoms with Crippen LogP contribution in [-0.4, -0.2) is 18.5 Å². The van der Waals surface area contributed by atoms with Crippen molar-refractivity contribution in [1.29, 1.82) is 0 Å². The van der Waals surface area contributed by atoms with Crippen LogP contribution in [0.3, 0.4) is 0 Å². The van der Waals surface area contributed by atoms with Gasteiger partial charge in [0.2, 0.25) is 0 Å². The lowest BCUT2D eigenvalue weighted by atomic mass is 9.95. The first-order chi connectivity index (χ1) is 9.13. The molecule has 3 heteroatoms. The minimum atomic E-state index is 0.281. The molecule has 0 aliphatic rings. The highest BCUT2D eigenvalue weighted by molar-refractivity contribution is 7.09. The second kappa shape index (κ2) is 6.33. The van der Waals surface area contributed by atoms with E-state index >= 15 is 0 Å². The summed E-state index contributed by atoms with van der Waals surface area (Å²) in [6.45, 7) is 5.94. The molecule has 1 heterocycles. The van der Waals surface area contributed by atoms with E-state index in [4.69, 9.17) is 5.73 Å². The summed E-state index contributed by atoms with van der Waals surface area (Å²) in [4.78, 5) is 3.73. The van der Waals surface area contributed by atoms with Gasteiger partial charge < -0.3 is 5.73 Å². The Morgan fingerprint density at radius 3 is 2.37 bits per heavy atom. The number of likely N-dealkylation sites (N-methyl/N-ethyl adjacent to an activating group) is 1. The third-order valence-electron chi connectivity index (χ3n) is 3.62. The standard InChI is InChI=1S/C16H22N2S/c1-12-6-4-7-13(2)16(12)15(10-17)18(3)11-14-8-5-9-19-14/h4-9,15H,10-11,17H2,1-3H3.